The van der Waals surface area contributed by atoms with E-state index >= 15 is 0 Å². The van der Waals surface area contributed by atoms with E-state index in [1.54, 1.807) is 6.07 Å². The molecule has 6 nitrogen and oxygen atoms in total. The number of non-ortho nitro benzene ring substituents is 1. The van der Waals surface area contributed by atoms with Crippen LogP contribution in [0.5, 0.6) is 0 Å². The van der Waals surface area contributed by atoms with Crippen molar-refractivity contribution in [2.75, 3.05) is 0 Å². The van der Waals surface area contributed by atoms with E-state index in [9.17, 15) is 14.9 Å². The molecular weight excluding hydrogens is 350 g/mol. The molecule has 134 valence electrons. The van der Waals surface area contributed by atoms with Crippen LogP contribution in [0, 0.1) is 24.0 Å². The summed E-state index contributed by atoms with van der Waals surface area (Å²) in [5.74, 6) is -0.222. The van der Waals surface area contributed by atoms with Crippen molar-refractivity contribution in [3.05, 3.63) is 68.0 Å². The van der Waals surface area contributed by atoms with Gasteiger partial charge in [-0.3, -0.25) is 14.9 Å². The van der Waals surface area contributed by atoms with Crippen molar-refractivity contribution in [3.63, 3.8) is 0 Å². The molecule has 0 aliphatic carbocycles. The predicted molar refractivity (Wildman–Crippen MR) is 102 cm³/mol. The minimum Gasteiger partial charge on any atom is -0.316 e. The zero-order valence-electron chi connectivity index (χ0n) is 14.9. The van der Waals surface area contributed by atoms with Crippen LogP contribution in [0.25, 0.3) is 10.2 Å². The summed E-state index contributed by atoms with van der Waals surface area (Å²) in [5, 5.41) is 11.0. The molecule has 0 aliphatic heterocycles. The molecule has 0 N–H and O–H groups in total. The summed E-state index contributed by atoms with van der Waals surface area (Å²) in [6, 6.07) is 10.7. The first-order valence-corrected chi connectivity index (χ1v) is 9.12. The zero-order valence-corrected chi connectivity index (χ0v) is 15.7. The van der Waals surface area contributed by atoms with Gasteiger partial charge >= 0.3 is 0 Å². The van der Waals surface area contributed by atoms with E-state index in [2.05, 4.69) is 4.99 Å². The second-order valence-electron chi connectivity index (χ2n) is 6.15. The SMILES string of the molecule is CCn1c(=NC(=O)Cc2ccc(C)cc2C)sc2ccc([N+](=O)[O-])cc21. The average molecular weight is 369 g/mol. The second-order valence-corrected chi connectivity index (χ2v) is 7.16. The van der Waals surface area contributed by atoms with Crippen LogP contribution in [0.3, 0.4) is 0 Å². The summed E-state index contributed by atoms with van der Waals surface area (Å²) < 4.78 is 2.71. The Kier molecular flexibility index (Phi) is 4.99. The molecule has 3 aromatic rings. The van der Waals surface area contributed by atoms with Crippen molar-refractivity contribution in [1.29, 1.82) is 0 Å². The number of amides is 1. The summed E-state index contributed by atoms with van der Waals surface area (Å²) in [4.78, 5) is 27.9. The van der Waals surface area contributed by atoms with Crippen molar-refractivity contribution in [1.82, 2.24) is 4.57 Å². The molecule has 0 spiro atoms. The van der Waals surface area contributed by atoms with E-state index in [-0.39, 0.29) is 18.0 Å². The molecule has 1 aromatic heterocycles. The van der Waals surface area contributed by atoms with Crippen molar-refractivity contribution < 1.29 is 9.72 Å². The molecule has 3 rings (SSSR count). The molecule has 2 aromatic carbocycles. The molecule has 0 saturated carbocycles. The number of nitrogens with zero attached hydrogens (tertiary/aromatic N) is 3. The number of aryl methyl sites for hydroxylation is 3. The van der Waals surface area contributed by atoms with Crippen LogP contribution >= 0.6 is 11.3 Å². The number of carbonyl (C=O) groups is 1. The van der Waals surface area contributed by atoms with Gasteiger partial charge in [0.2, 0.25) is 0 Å². The lowest BCUT2D eigenvalue weighted by Crippen LogP contribution is -2.16. The Morgan fingerprint density at radius 2 is 2.00 bits per heavy atom. The third-order valence-electron chi connectivity index (χ3n) is 4.25. The third-order valence-corrected chi connectivity index (χ3v) is 5.31. The summed E-state index contributed by atoms with van der Waals surface area (Å²) in [6.45, 7) is 6.51. The fraction of sp³-hybridized carbons (Fsp3) is 0.263. The van der Waals surface area contributed by atoms with Crippen molar-refractivity contribution in [3.8, 4) is 0 Å². The first-order valence-electron chi connectivity index (χ1n) is 8.30. The number of nitro groups is 1. The average Bonchev–Trinajstić information content (AvgIpc) is 2.93. The lowest BCUT2D eigenvalue weighted by Gasteiger charge is -2.04. The number of rotatable bonds is 4. The highest BCUT2D eigenvalue weighted by Gasteiger charge is 2.12. The number of fused-ring (bicyclic) bond motifs is 1. The highest BCUT2D eigenvalue weighted by atomic mass is 32.1. The summed E-state index contributed by atoms with van der Waals surface area (Å²) in [5.41, 5.74) is 3.95. The second kappa shape index (κ2) is 7.21. The number of hydrogen-bond acceptors (Lipinski definition) is 4. The minimum atomic E-state index is -0.417. The lowest BCUT2D eigenvalue weighted by atomic mass is 10.0. The fourth-order valence-corrected chi connectivity index (χ4v) is 4.01. The minimum absolute atomic E-state index is 0.0330. The van der Waals surface area contributed by atoms with Gasteiger partial charge in [0.25, 0.3) is 11.6 Å². The van der Waals surface area contributed by atoms with Gasteiger partial charge < -0.3 is 4.57 Å². The number of nitro benzene ring substituents is 1. The molecule has 0 bridgehead atoms. The molecule has 7 heteroatoms. The van der Waals surface area contributed by atoms with Crippen LogP contribution in [0.4, 0.5) is 5.69 Å². The molecule has 1 amide bonds. The van der Waals surface area contributed by atoms with Crippen LogP contribution in [0.2, 0.25) is 0 Å². The van der Waals surface area contributed by atoms with Crippen LogP contribution in [-0.2, 0) is 17.8 Å². The molecule has 0 saturated heterocycles. The van der Waals surface area contributed by atoms with E-state index in [0.717, 1.165) is 26.9 Å². The fourth-order valence-electron chi connectivity index (χ4n) is 2.92. The predicted octanol–water partition coefficient (Wildman–Crippen LogP) is 3.92. The van der Waals surface area contributed by atoms with Crippen LogP contribution in [0.15, 0.2) is 41.4 Å². The van der Waals surface area contributed by atoms with E-state index in [0.29, 0.717) is 11.3 Å². The van der Waals surface area contributed by atoms with Crippen LogP contribution in [-0.4, -0.2) is 15.4 Å². The standard InChI is InChI=1S/C19H19N3O3S/c1-4-21-16-11-15(22(24)25)7-8-17(16)26-19(21)20-18(23)10-14-6-5-12(2)9-13(14)3/h5-9,11H,4,10H2,1-3H3. The number of carbonyl (C=O) groups excluding carboxylic acids is 1. The molecule has 26 heavy (non-hydrogen) atoms. The van der Waals surface area contributed by atoms with Gasteiger partial charge in [-0.25, -0.2) is 0 Å². The van der Waals surface area contributed by atoms with Crippen molar-refractivity contribution in [2.45, 2.75) is 33.7 Å². The maximum Gasteiger partial charge on any atom is 0.271 e. The highest BCUT2D eigenvalue weighted by molar-refractivity contribution is 7.16. The smallest absolute Gasteiger partial charge is 0.271 e. The van der Waals surface area contributed by atoms with Gasteiger partial charge in [0, 0.05) is 18.7 Å². The van der Waals surface area contributed by atoms with Gasteiger partial charge in [-0.2, -0.15) is 4.99 Å². The van der Waals surface area contributed by atoms with E-state index in [1.165, 1.54) is 23.5 Å². The quantitative estimate of drug-likeness (QED) is 0.516. The highest BCUT2D eigenvalue weighted by Crippen LogP contribution is 2.23. The molecule has 0 unspecified atom stereocenters. The first kappa shape index (κ1) is 18.0. The Morgan fingerprint density at radius 1 is 1.23 bits per heavy atom. The number of thiazole rings is 1. The maximum absolute atomic E-state index is 12.5. The van der Waals surface area contributed by atoms with Crippen LogP contribution in [0.1, 0.15) is 23.6 Å². The van der Waals surface area contributed by atoms with Gasteiger partial charge in [-0.15, -0.1) is 0 Å². The molecule has 1 heterocycles. The van der Waals surface area contributed by atoms with Gasteiger partial charge in [0.15, 0.2) is 4.80 Å². The Hall–Kier alpha value is -2.80. The Balaban J connectivity index is 2.00. The monoisotopic (exact) mass is 369 g/mol. The number of hydrogen-bond donors (Lipinski definition) is 0. The molecule has 0 atom stereocenters. The summed E-state index contributed by atoms with van der Waals surface area (Å²) >= 11 is 1.37. The van der Waals surface area contributed by atoms with E-state index in [4.69, 9.17) is 0 Å². The normalized spacial score (nSPS) is 11.9. The topological polar surface area (TPSA) is 77.5 Å². The molecule has 0 aliphatic rings. The van der Waals surface area contributed by atoms with E-state index < -0.39 is 4.92 Å². The van der Waals surface area contributed by atoms with Crippen LogP contribution < -0.4 is 4.80 Å². The molecule has 0 radical (unpaired) electrons. The van der Waals surface area contributed by atoms with Crippen molar-refractivity contribution in [2.24, 2.45) is 4.99 Å². The Labute approximate surface area is 154 Å². The first-order chi connectivity index (χ1) is 12.4. The Morgan fingerprint density at radius 3 is 2.65 bits per heavy atom. The third kappa shape index (κ3) is 3.57. The van der Waals surface area contributed by atoms with Gasteiger partial charge in [0.05, 0.1) is 21.6 Å². The number of aromatic nitrogens is 1. The lowest BCUT2D eigenvalue weighted by molar-refractivity contribution is -0.384. The largest absolute Gasteiger partial charge is 0.316 e. The summed E-state index contributed by atoms with van der Waals surface area (Å²) in [6.07, 6.45) is 0.240. The molecule has 0 fully saturated rings. The number of benzene rings is 2. The zero-order chi connectivity index (χ0) is 18.8. The van der Waals surface area contributed by atoms with Gasteiger partial charge in [0.1, 0.15) is 0 Å². The molecular formula is C19H19N3O3S. The maximum atomic E-state index is 12.5. The van der Waals surface area contributed by atoms with Gasteiger partial charge in [-0.1, -0.05) is 35.1 Å². The van der Waals surface area contributed by atoms with Gasteiger partial charge in [-0.05, 0) is 38.0 Å². The Bertz CT molecular complexity index is 1080. The summed E-state index contributed by atoms with van der Waals surface area (Å²) in [7, 11) is 0. The van der Waals surface area contributed by atoms with Crippen molar-refractivity contribution >= 4 is 33.1 Å². The van der Waals surface area contributed by atoms with E-state index in [1.807, 2.05) is 43.5 Å².